The van der Waals surface area contributed by atoms with Gasteiger partial charge in [-0.25, -0.2) is 4.79 Å². The number of amides is 1. The number of rotatable bonds is 7. The molecule has 0 fully saturated rings. The Kier molecular flexibility index (Phi) is 7.25. The zero-order chi connectivity index (χ0) is 14.2. The molecule has 0 radical (unpaired) electrons. The van der Waals surface area contributed by atoms with Gasteiger partial charge in [0.15, 0.2) is 0 Å². The summed E-state index contributed by atoms with van der Waals surface area (Å²) in [4.78, 5) is 11.3. The Balaban J connectivity index is 3.60. The zero-order valence-electron chi connectivity index (χ0n) is 12.5. The summed E-state index contributed by atoms with van der Waals surface area (Å²) >= 11 is 0. The van der Waals surface area contributed by atoms with Crippen molar-refractivity contribution in [3.63, 3.8) is 0 Å². The first-order valence-electron chi connectivity index (χ1n) is 6.35. The van der Waals surface area contributed by atoms with Crippen LogP contribution in [0.25, 0.3) is 0 Å². The Hall–Kier alpha value is -0.810. The van der Waals surface area contributed by atoms with E-state index in [4.69, 9.17) is 14.2 Å². The number of hydrogen-bond acceptors (Lipinski definition) is 4. The summed E-state index contributed by atoms with van der Waals surface area (Å²) in [5, 5.41) is 2.63. The number of carbonyl (C=O) groups excluding carboxylic acids is 1. The first kappa shape index (κ1) is 17.2. The van der Waals surface area contributed by atoms with E-state index in [0.717, 1.165) is 0 Å². The molecule has 18 heavy (non-hydrogen) atoms. The van der Waals surface area contributed by atoms with Crippen LogP contribution in [0, 0.1) is 0 Å². The first-order chi connectivity index (χ1) is 8.16. The first-order valence-corrected chi connectivity index (χ1v) is 6.35. The third kappa shape index (κ3) is 10.4. The fraction of sp³-hybridized carbons (Fsp3) is 0.923. The molecular formula is C13H27NO4. The van der Waals surface area contributed by atoms with Crippen molar-refractivity contribution >= 4 is 6.09 Å². The van der Waals surface area contributed by atoms with Gasteiger partial charge in [0, 0.05) is 13.2 Å². The molecule has 0 saturated carbocycles. The molecule has 0 saturated heterocycles. The molecule has 0 aromatic heterocycles. The fourth-order valence-electron chi connectivity index (χ4n) is 1.29. The van der Waals surface area contributed by atoms with Crippen LogP contribution in [0.15, 0.2) is 0 Å². The summed E-state index contributed by atoms with van der Waals surface area (Å²) in [5.41, 5.74) is -0.761. The molecule has 5 nitrogen and oxygen atoms in total. The smallest absolute Gasteiger partial charge is 0.407 e. The summed E-state index contributed by atoms with van der Waals surface area (Å²) in [6.45, 7) is 13.4. The van der Waals surface area contributed by atoms with Crippen LogP contribution in [0.5, 0.6) is 0 Å². The standard InChI is InChI=1S/C13H27NO4/c1-7-17-13(5,6)10-16-9-8-14-11(15)18-12(2,3)4/h7-10H2,1-6H3,(H,14,15). The largest absolute Gasteiger partial charge is 0.444 e. The van der Waals surface area contributed by atoms with E-state index in [1.165, 1.54) is 0 Å². The van der Waals surface area contributed by atoms with Crippen LogP contribution in [0.1, 0.15) is 41.5 Å². The second-order valence-electron chi connectivity index (χ2n) is 5.67. The van der Waals surface area contributed by atoms with Crippen LogP contribution in [0.3, 0.4) is 0 Å². The van der Waals surface area contributed by atoms with Crippen molar-refractivity contribution in [1.29, 1.82) is 0 Å². The highest BCUT2D eigenvalue weighted by Crippen LogP contribution is 2.09. The van der Waals surface area contributed by atoms with Crippen LogP contribution in [-0.4, -0.2) is 43.7 Å². The van der Waals surface area contributed by atoms with Crippen molar-refractivity contribution in [3.05, 3.63) is 0 Å². The summed E-state index contributed by atoms with van der Waals surface area (Å²) < 4.78 is 16.0. The molecule has 0 bridgehead atoms. The number of nitrogens with one attached hydrogen (secondary N) is 1. The Morgan fingerprint density at radius 2 is 1.78 bits per heavy atom. The average Bonchev–Trinajstić information content (AvgIpc) is 2.13. The highest BCUT2D eigenvalue weighted by Gasteiger charge is 2.18. The summed E-state index contributed by atoms with van der Waals surface area (Å²) in [6, 6.07) is 0. The SMILES string of the molecule is CCOC(C)(C)COCCNC(=O)OC(C)(C)C. The predicted molar refractivity (Wildman–Crippen MR) is 70.8 cm³/mol. The highest BCUT2D eigenvalue weighted by molar-refractivity contribution is 5.67. The van der Waals surface area contributed by atoms with Crippen LogP contribution < -0.4 is 5.32 Å². The van der Waals surface area contributed by atoms with Crippen LogP contribution in [-0.2, 0) is 14.2 Å². The van der Waals surface area contributed by atoms with Gasteiger partial charge < -0.3 is 19.5 Å². The number of alkyl carbamates (subject to hydrolysis) is 1. The van der Waals surface area contributed by atoms with E-state index in [0.29, 0.717) is 26.4 Å². The Morgan fingerprint density at radius 3 is 2.28 bits per heavy atom. The average molecular weight is 261 g/mol. The van der Waals surface area contributed by atoms with Gasteiger partial charge in [-0.3, -0.25) is 0 Å². The Labute approximate surface area is 110 Å². The van der Waals surface area contributed by atoms with Crippen LogP contribution >= 0.6 is 0 Å². The van der Waals surface area contributed by atoms with Crippen molar-refractivity contribution in [1.82, 2.24) is 5.32 Å². The van der Waals surface area contributed by atoms with Gasteiger partial charge in [0.05, 0.1) is 18.8 Å². The van der Waals surface area contributed by atoms with E-state index in [1.54, 1.807) is 0 Å². The highest BCUT2D eigenvalue weighted by atomic mass is 16.6. The molecule has 0 rings (SSSR count). The maximum absolute atomic E-state index is 11.3. The van der Waals surface area contributed by atoms with Gasteiger partial charge in [-0.1, -0.05) is 0 Å². The second kappa shape index (κ2) is 7.59. The maximum Gasteiger partial charge on any atom is 0.407 e. The van der Waals surface area contributed by atoms with Gasteiger partial charge in [0.25, 0.3) is 0 Å². The Bertz CT molecular complexity index is 246. The van der Waals surface area contributed by atoms with Gasteiger partial charge in [-0.05, 0) is 41.5 Å². The van der Waals surface area contributed by atoms with E-state index in [2.05, 4.69) is 5.32 Å². The summed E-state index contributed by atoms with van der Waals surface area (Å²) in [6.07, 6.45) is -0.421. The van der Waals surface area contributed by atoms with E-state index in [-0.39, 0.29) is 5.60 Å². The minimum atomic E-state index is -0.470. The molecule has 1 N–H and O–H groups in total. The molecule has 0 aromatic carbocycles. The molecule has 0 aromatic rings. The van der Waals surface area contributed by atoms with Crippen molar-refractivity contribution in [2.24, 2.45) is 0 Å². The number of ether oxygens (including phenoxy) is 3. The van der Waals surface area contributed by atoms with Crippen molar-refractivity contribution in [2.75, 3.05) is 26.4 Å². The molecule has 0 spiro atoms. The summed E-state index contributed by atoms with van der Waals surface area (Å²) in [7, 11) is 0. The molecule has 0 aliphatic rings. The van der Waals surface area contributed by atoms with Gasteiger partial charge >= 0.3 is 6.09 Å². The monoisotopic (exact) mass is 261 g/mol. The molecule has 1 amide bonds. The molecular weight excluding hydrogens is 234 g/mol. The van der Waals surface area contributed by atoms with Crippen LogP contribution in [0.2, 0.25) is 0 Å². The molecule has 0 aliphatic heterocycles. The zero-order valence-corrected chi connectivity index (χ0v) is 12.5. The maximum atomic E-state index is 11.3. The van der Waals surface area contributed by atoms with Crippen molar-refractivity contribution < 1.29 is 19.0 Å². The van der Waals surface area contributed by atoms with E-state index in [9.17, 15) is 4.79 Å². The third-order valence-corrected chi connectivity index (χ3v) is 1.90. The lowest BCUT2D eigenvalue weighted by Gasteiger charge is -2.24. The summed E-state index contributed by atoms with van der Waals surface area (Å²) in [5.74, 6) is 0. The van der Waals surface area contributed by atoms with Crippen LogP contribution in [0.4, 0.5) is 4.79 Å². The molecule has 0 aliphatic carbocycles. The topological polar surface area (TPSA) is 56.8 Å². The third-order valence-electron chi connectivity index (χ3n) is 1.90. The molecule has 0 atom stereocenters. The lowest BCUT2D eigenvalue weighted by molar-refractivity contribution is -0.0697. The lowest BCUT2D eigenvalue weighted by Crippen LogP contribution is -2.36. The molecule has 5 heteroatoms. The minimum absolute atomic E-state index is 0.291. The quantitative estimate of drug-likeness (QED) is 0.715. The number of hydrogen-bond donors (Lipinski definition) is 1. The van der Waals surface area contributed by atoms with Gasteiger partial charge in [0.1, 0.15) is 5.60 Å². The minimum Gasteiger partial charge on any atom is -0.444 e. The molecule has 108 valence electrons. The normalized spacial score (nSPS) is 12.3. The van der Waals surface area contributed by atoms with E-state index in [1.807, 2.05) is 41.5 Å². The second-order valence-corrected chi connectivity index (χ2v) is 5.67. The van der Waals surface area contributed by atoms with Gasteiger partial charge in [-0.15, -0.1) is 0 Å². The molecule has 0 heterocycles. The van der Waals surface area contributed by atoms with Crippen molar-refractivity contribution in [2.45, 2.75) is 52.7 Å². The van der Waals surface area contributed by atoms with Gasteiger partial charge in [-0.2, -0.15) is 0 Å². The fourth-order valence-corrected chi connectivity index (χ4v) is 1.29. The van der Waals surface area contributed by atoms with E-state index >= 15 is 0 Å². The lowest BCUT2D eigenvalue weighted by atomic mass is 10.1. The van der Waals surface area contributed by atoms with E-state index < -0.39 is 11.7 Å². The van der Waals surface area contributed by atoms with Gasteiger partial charge in [0.2, 0.25) is 0 Å². The number of carbonyl (C=O) groups is 1. The van der Waals surface area contributed by atoms with Crippen molar-refractivity contribution in [3.8, 4) is 0 Å². The molecule has 0 unspecified atom stereocenters. The Morgan fingerprint density at radius 1 is 1.17 bits per heavy atom. The predicted octanol–water partition coefficient (Wildman–Crippen LogP) is 2.34.